The van der Waals surface area contributed by atoms with E-state index in [4.69, 9.17) is 0 Å². The Morgan fingerprint density at radius 3 is 2.42 bits per heavy atom. The Labute approximate surface area is 175 Å². The van der Waals surface area contributed by atoms with Gasteiger partial charge in [-0.1, -0.05) is 24.3 Å². The van der Waals surface area contributed by atoms with Gasteiger partial charge >= 0.3 is 6.18 Å². The lowest BCUT2D eigenvalue weighted by Crippen LogP contribution is -2.43. The van der Waals surface area contributed by atoms with Crippen LogP contribution in [0.1, 0.15) is 11.1 Å². The highest BCUT2D eigenvalue weighted by Crippen LogP contribution is 2.47. The average Bonchev–Trinajstić information content (AvgIpc) is 3.34. The molecule has 3 aromatic heterocycles. The van der Waals surface area contributed by atoms with Crippen LogP contribution in [0, 0.1) is 0 Å². The van der Waals surface area contributed by atoms with Crippen molar-refractivity contribution in [3.63, 3.8) is 0 Å². The highest BCUT2D eigenvalue weighted by atomic mass is 19.4. The lowest BCUT2D eigenvalue weighted by atomic mass is 9.85. The molecule has 5 rings (SSSR count). The number of hydrogen-bond donors (Lipinski definition) is 1. The van der Waals surface area contributed by atoms with Crippen LogP contribution in [0.4, 0.5) is 13.2 Å². The van der Waals surface area contributed by atoms with Crippen molar-refractivity contribution in [2.75, 3.05) is 0 Å². The van der Waals surface area contributed by atoms with E-state index in [1.54, 1.807) is 71.2 Å². The van der Waals surface area contributed by atoms with Crippen LogP contribution in [0.3, 0.4) is 0 Å². The molecule has 1 unspecified atom stereocenters. The maximum atomic E-state index is 14.4. The van der Waals surface area contributed by atoms with Crippen molar-refractivity contribution in [1.29, 1.82) is 0 Å². The minimum atomic E-state index is -4.94. The summed E-state index contributed by atoms with van der Waals surface area (Å²) in [6.07, 6.45) is 1.11. The van der Waals surface area contributed by atoms with Gasteiger partial charge in [0.2, 0.25) is 5.60 Å². The number of nitrogens with zero attached hydrogens (tertiary/aromatic N) is 4. The fourth-order valence-electron chi connectivity index (χ4n) is 4.05. The maximum Gasteiger partial charge on any atom is 0.425 e. The fraction of sp³-hybridized carbons (Fsp3) is 0.130. The number of aromatic nitrogens is 4. The predicted octanol–water partition coefficient (Wildman–Crippen LogP) is 4.71. The second-order valence-electron chi connectivity index (χ2n) is 7.41. The predicted molar refractivity (Wildman–Crippen MR) is 111 cm³/mol. The number of benzene rings is 2. The summed E-state index contributed by atoms with van der Waals surface area (Å²) in [5.41, 5.74) is -1.69. The molecule has 31 heavy (non-hydrogen) atoms. The number of aryl methyl sites for hydroxylation is 1. The van der Waals surface area contributed by atoms with E-state index >= 15 is 0 Å². The summed E-state index contributed by atoms with van der Waals surface area (Å²) in [6.45, 7) is 0. The molecule has 0 aliphatic heterocycles. The lowest BCUT2D eigenvalue weighted by Gasteiger charge is -2.31. The van der Waals surface area contributed by atoms with Crippen LogP contribution in [-0.2, 0) is 12.6 Å². The molecule has 0 aliphatic rings. The van der Waals surface area contributed by atoms with Gasteiger partial charge in [0.15, 0.2) is 0 Å². The van der Waals surface area contributed by atoms with Crippen molar-refractivity contribution in [3.05, 3.63) is 90.5 Å². The number of alkyl halides is 3. The first kappa shape index (κ1) is 19.3. The number of aliphatic hydroxyl groups is 1. The Kier molecular flexibility index (Phi) is 4.16. The van der Waals surface area contributed by atoms with Gasteiger partial charge in [0.05, 0.1) is 17.4 Å². The first-order valence-electron chi connectivity index (χ1n) is 9.53. The zero-order valence-electron chi connectivity index (χ0n) is 16.4. The molecule has 0 saturated carbocycles. The molecule has 0 saturated heterocycles. The third-order valence-electron chi connectivity index (χ3n) is 5.59. The number of rotatable bonds is 3. The summed E-state index contributed by atoms with van der Waals surface area (Å²) >= 11 is 0. The first-order valence-corrected chi connectivity index (χ1v) is 9.53. The number of pyridine rings is 1. The molecule has 5 aromatic rings. The van der Waals surface area contributed by atoms with Gasteiger partial charge in [0, 0.05) is 47.5 Å². The van der Waals surface area contributed by atoms with Crippen molar-refractivity contribution in [1.82, 2.24) is 19.3 Å². The lowest BCUT2D eigenvalue weighted by molar-refractivity contribution is -0.247. The second kappa shape index (κ2) is 6.68. The van der Waals surface area contributed by atoms with E-state index in [-0.39, 0.29) is 11.1 Å². The molecule has 3 heterocycles. The Hall–Kier alpha value is -3.65. The monoisotopic (exact) mass is 422 g/mol. The van der Waals surface area contributed by atoms with E-state index in [1.165, 1.54) is 24.5 Å². The smallest absolute Gasteiger partial charge is 0.372 e. The van der Waals surface area contributed by atoms with Gasteiger partial charge in [-0.05, 0) is 35.9 Å². The number of para-hydroxylation sites is 1. The number of fused-ring (bicyclic) bond motifs is 2. The molecule has 1 N–H and O–H groups in total. The van der Waals surface area contributed by atoms with Gasteiger partial charge in [-0.3, -0.25) is 4.98 Å². The van der Waals surface area contributed by atoms with Crippen LogP contribution in [-0.4, -0.2) is 30.6 Å². The number of halogens is 3. The Balaban J connectivity index is 1.73. The molecule has 0 aliphatic carbocycles. The van der Waals surface area contributed by atoms with Crippen LogP contribution in [0.15, 0.2) is 79.4 Å². The normalized spacial score (nSPS) is 14.2. The standard InChI is InChI=1S/C23H17F3N4O/c1-29-14-19(18-4-2-3-5-21(18)29)22(31,23(24,25)26)16-6-7-20-15(12-16)13-28-30(20)17-8-10-27-11-9-17/h2-14,31H,1H3. The van der Waals surface area contributed by atoms with E-state index in [0.717, 1.165) is 5.69 Å². The van der Waals surface area contributed by atoms with Crippen LogP contribution in [0.25, 0.3) is 27.5 Å². The largest absolute Gasteiger partial charge is 0.425 e. The Bertz CT molecular complexity index is 1410. The summed E-state index contributed by atoms with van der Waals surface area (Å²) in [4.78, 5) is 3.97. The molecule has 156 valence electrons. The van der Waals surface area contributed by atoms with Crippen molar-refractivity contribution < 1.29 is 18.3 Å². The summed E-state index contributed by atoms with van der Waals surface area (Å²) in [7, 11) is 1.66. The van der Waals surface area contributed by atoms with E-state index in [0.29, 0.717) is 21.8 Å². The molecular weight excluding hydrogens is 405 g/mol. The van der Waals surface area contributed by atoms with E-state index in [1.807, 2.05) is 0 Å². The highest BCUT2D eigenvalue weighted by molar-refractivity contribution is 5.86. The fourth-order valence-corrected chi connectivity index (χ4v) is 4.05. The molecule has 1 atom stereocenters. The van der Waals surface area contributed by atoms with E-state index in [2.05, 4.69) is 10.1 Å². The maximum absolute atomic E-state index is 14.4. The highest BCUT2D eigenvalue weighted by Gasteiger charge is 2.57. The molecular formula is C23H17F3N4O. The summed E-state index contributed by atoms with van der Waals surface area (Å²) in [5.74, 6) is 0. The third-order valence-corrected chi connectivity index (χ3v) is 5.59. The summed E-state index contributed by atoms with van der Waals surface area (Å²) in [6, 6.07) is 14.4. The molecule has 0 amide bonds. The van der Waals surface area contributed by atoms with Crippen LogP contribution in [0.5, 0.6) is 0 Å². The van der Waals surface area contributed by atoms with Crippen molar-refractivity contribution in [2.45, 2.75) is 11.8 Å². The minimum Gasteiger partial charge on any atom is -0.372 e. The molecule has 0 fully saturated rings. The van der Waals surface area contributed by atoms with Gasteiger partial charge < -0.3 is 9.67 Å². The van der Waals surface area contributed by atoms with Gasteiger partial charge in [-0.25, -0.2) is 4.68 Å². The van der Waals surface area contributed by atoms with Crippen molar-refractivity contribution in [3.8, 4) is 5.69 Å². The molecule has 5 nitrogen and oxygen atoms in total. The molecule has 0 radical (unpaired) electrons. The van der Waals surface area contributed by atoms with Crippen molar-refractivity contribution >= 4 is 21.8 Å². The minimum absolute atomic E-state index is 0.209. The quantitative estimate of drug-likeness (QED) is 0.458. The van der Waals surface area contributed by atoms with Crippen LogP contribution < -0.4 is 0 Å². The summed E-state index contributed by atoms with van der Waals surface area (Å²) < 4.78 is 46.4. The van der Waals surface area contributed by atoms with Crippen molar-refractivity contribution in [2.24, 2.45) is 7.05 Å². The Morgan fingerprint density at radius 2 is 1.68 bits per heavy atom. The van der Waals surface area contributed by atoms with Gasteiger partial charge in [-0.15, -0.1) is 0 Å². The van der Waals surface area contributed by atoms with E-state index < -0.39 is 11.8 Å². The SMILES string of the molecule is Cn1cc(C(O)(c2ccc3c(cnn3-c3ccncc3)c2)C(F)(F)F)c2ccccc21. The van der Waals surface area contributed by atoms with Crippen LogP contribution >= 0.6 is 0 Å². The molecule has 0 bridgehead atoms. The van der Waals surface area contributed by atoms with E-state index in [9.17, 15) is 18.3 Å². The second-order valence-corrected chi connectivity index (χ2v) is 7.41. The first-order chi connectivity index (χ1) is 14.8. The number of hydrogen-bond acceptors (Lipinski definition) is 3. The summed E-state index contributed by atoms with van der Waals surface area (Å²) in [5, 5.41) is 16.3. The molecule has 2 aromatic carbocycles. The Morgan fingerprint density at radius 1 is 0.935 bits per heavy atom. The molecule has 8 heteroatoms. The van der Waals surface area contributed by atoms with Gasteiger partial charge in [-0.2, -0.15) is 18.3 Å². The third kappa shape index (κ3) is 2.83. The van der Waals surface area contributed by atoms with Crippen LogP contribution in [0.2, 0.25) is 0 Å². The van der Waals surface area contributed by atoms with Gasteiger partial charge in [0.1, 0.15) is 0 Å². The topological polar surface area (TPSA) is 55.9 Å². The molecule has 0 spiro atoms. The zero-order chi connectivity index (χ0) is 21.8. The average molecular weight is 422 g/mol. The van der Waals surface area contributed by atoms with Gasteiger partial charge in [0.25, 0.3) is 0 Å². The zero-order valence-corrected chi connectivity index (χ0v) is 16.4.